The van der Waals surface area contributed by atoms with Gasteiger partial charge in [0.25, 0.3) is 0 Å². The van der Waals surface area contributed by atoms with E-state index in [2.05, 4.69) is 235 Å². The largest absolute Gasteiger partial charge is 0.309 e. The minimum Gasteiger partial charge on any atom is -0.309 e. The molecule has 1 aliphatic carbocycles. The van der Waals surface area contributed by atoms with Gasteiger partial charge in [0, 0.05) is 43.8 Å². The quantitative estimate of drug-likeness (QED) is 0.168. The van der Waals surface area contributed by atoms with Gasteiger partial charge in [0.2, 0.25) is 5.95 Å². The number of rotatable bonds is 6. The molecule has 1 aliphatic rings. The average Bonchev–Trinajstić information content (AvgIpc) is 3.97. The van der Waals surface area contributed by atoms with Gasteiger partial charge in [0.1, 0.15) is 0 Å². The number of aromatic nitrogens is 5. The predicted molar refractivity (Wildman–Crippen MR) is 268 cm³/mol. The molecule has 5 heteroatoms. The minimum atomic E-state index is -0.273. The maximum absolute atomic E-state index is 5.54. The van der Waals surface area contributed by atoms with Crippen molar-refractivity contribution in [1.29, 1.82) is 0 Å². The Morgan fingerprint density at radius 1 is 0.354 bits per heavy atom. The normalized spacial score (nSPS) is 12.9. The van der Waals surface area contributed by atoms with Crippen LogP contribution >= 0.6 is 0 Å². The number of para-hydroxylation sites is 3. The second-order valence-corrected chi connectivity index (χ2v) is 17.6. The summed E-state index contributed by atoms with van der Waals surface area (Å²) in [7, 11) is 0. The third-order valence-corrected chi connectivity index (χ3v) is 13.6. The molecule has 0 spiro atoms. The first-order chi connectivity index (χ1) is 32.0. The molecule has 0 N–H and O–H groups in total. The molecule has 12 aromatic rings. The molecule has 3 aromatic heterocycles. The van der Waals surface area contributed by atoms with Crippen LogP contribution in [0.5, 0.6) is 0 Å². The number of fused-ring (bicyclic) bond motifs is 10. The van der Waals surface area contributed by atoms with E-state index >= 15 is 0 Å². The number of nitrogens with zero attached hydrogens (tertiary/aromatic N) is 5. The Balaban J connectivity index is 1.09. The second-order valence-electron chi connectivity index (χ2n) is 17.6. The van der Waals surface area contributed by atoms with Gasteiger partial charge in [-0.05, 0) is 74.8 Å². The third kappa shape index (κ3) is 5.68. The molecule has 0 amide bonds. The molecule has 0 saturated carbocycles. The zero-order valence-electron chi connectivity index (χ0n) is 35.9. The zero-order valence-corrected chi connectivity index (χ0v) is 35.9. The molecule has 0 aliphatic heterocycles. The summed E-state index contributed by atoms with van der Waals surface area (Å²) in [4.78, 5) is 16.5. The summed E-state index contributed by atoms with van der Waals surface area (Å²) in [6, 6.07) is 75.8. The number of hydrogen-bond acceptors (Lipinski definition) is 3. The molecule has 306 valence electrons. The van der Waals surface area contributed by atoms with E-state index in [0.29, 0.717) is 17.6 Å². The molecule has 3 heterocycles. The lowest BCUT2D eigenvalue weighted by Crippen LogP contribution is -2.17. The van der Waals surface area contributed by atoms with Crippen molar-refractivity contribution in [3.63, 3.8) is 0 Å². The van der Waals surface area contributed by atoms with Gasteiger partial charge in [0.15, 0.2) is 11.6 Å². The molecule has 0 bridgehead atoms. The molecule has 0 fully saturated rings. The van der Waals surface area contributed by atoms with E-state index in [9.17, 15) is 0 Å². The SMILES string of the molecule is CC1(C)c2ccccc2-c2ccc3c4ccccc4n(-c4nc(-c5ccc6c7ccccc7n(-c7ccccc7)c6c5)nc(-c5ccccc5-c5ccc(-c6ccccc6)cc5)n4)c3c21. The highest BCUT2D eigenvalue weighted by molar-refractivity contribution is 6.13. The van der Waals surface area contributed by atoms with Crippen molar-refractivity contribution in [2.45, 2.75) is 19.3 Å². The van der Waals surface area contributed by atoms with Gasteiger partial charge in [-0.2, -0.15) is 9.97 Å². The van der Waals surface area contributed by atoms with E-state index < -0.39 is 0 Å². The zero-order chi connectivity index (χ0) is 43.2. The van der Waals surface area contributed by atoms with Gasteiger partial charge < -0.3 is 4.57 Å². The van der Waals surface area contributed by atoms with Gasteiger partial charge >= 0.3 is 0 Å². The topological polar surface area (TPSA) is 48.5 Å². The third-order valence-electron chi connectivity index (χ3n) is 13.6. The van der Waals surface area contributed by atoms with E-state index in [1.54, 1.807) is 0 Å². The monoisotopic (exact) mass is 831 g/mol. The van der Waals surface area contributed by atoms with Crippen LogP contribution in [-0.2, 0) is 5.41 Å². The van der Waals surface area contributed by atoms with Crippen molar-refractivity contribution in [2.75, 3.05) is 0 Å². The van der Waals surface area contributed by atoms with Crippen LogP contribution in [0, 0.1) is 0 Å². The summed E-state index contributed by atoms with van der Waals surface area (Å²) in [5.41, 5.74) is 16.7. The second kappa shape index (κ2) is 14.3. The lowest BCUT2D eigenvalue weighted by molar-refractivity contribution is 0.663. The Hall–Kier alpha value is -8.41. The van der Waals surface area contributed by atoms with Crippen LogP contribution in [0.25, 0.3) is 111 Å². The lowest BCUT2D eigenvalue weighted by atomic mass is 9.81. The van der Waals surface area contributed by atoms with Crippen molar-refractivity contribution >= 4 is 43.6 Å². The maximum Gasteiger partial charge on any atom is 0.238 e. The molecule has 9 aromatic carbocycles. The summed E-state index contributed by atoms with van der Waals surface area (Å²) >= 11 is 0. The smallest absolute Gasteiger partial charge is 0.238 e. The fourth-order valence-electron chi connectivity index (χ4n) is 10.6. The highest BCUT2D eigenvalue weighted by Gasteiger charge is 2.38. The first kappa shape index (κ1) is 37.2. The summed E-state index contributed by atoms with van der Waals surface area (Å²) in [5.74, 6) is 1.79. The Kier molecular flexibility index (Phi) is 8.18. The Bertz CT molecular complexity index is 3840. The molecule has 65 heavy (non-hydrogen) atoms. The molecule has 13 rings (SSSR count). The Labute approximate surface area is 376 Å². The van der Waals surface area contributed by atoms with Crippen LogP contribution < -0.4 is 0 Å². The van der Waals surface area contributed by atoms with Crippen LogP contribution in [0.15, 0.2) is 212 Å². The maximum atomic E-state index is 5.54. The summed E-state index contributed by atoms with van der Waals surface area (Å²) in [6.07, 6.45) is 0. The Morgan fingerprint density at radius 2 is 0.892 bits per heavy atom. The van der Waals surface area contributed by atoms with Crippen LogP contribution in [0.4, 0.5) is 0 Å². The fraction of sp³-hybridized carbons (Fsp3) is 0.0500. The van der Waals surface area contributed by atoms with Crippen molar-refractivity contribution in [3.8, 4) is 67.8 Å². The van der Waals surface area contributed by atoms with E-state index in [1.807, 2.05) is 0 Å². The van der Waals surface area contributed by atoms with E-state index in [-0.39, 0.29) is 5.41 Å². The summed E-state index contributed by atoms with van der Waals surface area (Å²) in [5, 5.41) is 4.71. The fourth-order valence-corrected chi connectivity index (χ4v) is 10.6. The van der Waals surface area contributed by atoms with Gasteiger partial charge in [-0.3, -0.25) is 4.57 Å². The molecule has 0 unspecified atom stereocenters. The van der Waals surface area contributed by atoms with Crippen molar-refractivity contribution < 1.29 is 0 Å². The summed E-state index contributed by atoms with van der Waals surface area (Å²) < 4.78 is 4.66. The van der Waals surface area contributed by atoms with E-state index in [0.717, 1.165) is 55.4 Å². The number of hydrogen-bond donors (Lipinski definition) is 0. The van der Waals surface area contributed by atoms with Crippen molar-refractivity contribution in [3.05, 3.63) is 223 Å². The molecular weight excluding hydrogens is 791 g/mol. The van der Waals surface area contributed by atoms with Crippen LogP contribution in [0.2, 0.25) is 0 Å². The standard InChI is InChI=1S/C60H41N5/c1-60(2)51-26-14-11-22-44(51)48-35-36-49-46-24-13-16-28-53(46)65(56(49)55(48)60)59-62-57(41-33-34-47-45-23-12-15-27-52(45)64(54(47)37-41)42-19-7-4-8-20-42)61-58(63-59)50-25-10-9-21-43(50)40-31-29-39(30-32-40)38-17-5-3-6-18-38/h3-37H,1-2H3. The highest BCUT2D eigenvalue weighted by Crippen LogP contribution is 2.53. The van der Waals surface area contributed by atoms with Crippen molar-refractivity contribution in [2.24, 2.45) is 0 Å². The van der Waals surface area contributed by atoms with Gasteiger partial charge in [-0.15, -0.1) is 0 Å². The van der Waals surface area contributed by atoms with Gasteiger partial charge in [-0.1, -0.05) is 196 Å². The summed E-state index contributed by atoms with van der Waals surface area (Å²) in [6.45, 7) is 4.70. The van der Waals surface area contributed by atoms with Crippen LogP contribution in [0.1, 0.15) is 25.0 Å². The van der Waals surface area contributed by atoms with E-state index in [1.165, 1.54) is 49.5 Å². The number of benzene rings is 9. The lowest BCUT2D eigenvalue weighted by Gasteiger charge is -2.23. The molecule has 0 radical (unpaired) electrons. The average molecular weight is 832 g/mol. The first-order valence-electron chi connectivity index (χ1n) is 22.3. The van der Waals surface area contributed by atoms with Crippen LogP contribution in [-0.4, -0.2) is 24.1 Å². The van der Waals surface area contributed by atoms with Crippen molar-refractivity contribution in [1.82, 2.24) is 24.1 Å². The minimum absolute atomic E-state index is 0.273. The molecule has 0 saturated heterocycles. The molecular formula is C60H41N5. The van der Waals surface area contributed by atoms with E-state index in [4.69, 9.17) is 15.0 Å². The first-order valence-corrected chi connectivity index (χ1v) is 22.3. The Morgan fingerprint density at radius 3 is 1.66 bits per heavy atom. The van der Waals surface area contributed by atoms with Gasteiger partial charge in [0.05, 0.1) is 22.1 Å². The van der Waals surface area contributed by atoms with Crippen LogP contribution in [0.3, 0.4) is 0 Å². The predicted octanol–water partition coefficient (Wildman–Crippen LogP) is 15.0. The molecule has 0 atom stereocenters. The molecule has 5 nitrogen and oxygen atoms in total. The highest BCUT2D eigenvalue weighted by atomic mass is 15.2. The van der Waals surface area contributed by atoms with Gasteiger partial charge in [-0.25, -0.2) is 4.98 Å².